The summed E-state index contributed by atoms with van der Waals surface area (Å²) in [5.74, 6) is -2.18. The molecule has 5 N–H and O–H groups in total. The van der Waals surface area contributed by atoms with E-state index in [1.807, 2.05) is 0 Å². The third kappa shape index (κ3) is 8.19. The normalized spacial score (nSPS) is 14.3. The molecule has 1 heterocycles. The van der Waals surface area contributed by atoms with Crippen molar-refractivity contribution in [2.75, 3.05) is 6.61 Å². The number of carboxylic acids is 1. The minimum absolute atomic E-state index is 0.0104. The van der Waals surface area contributed by atoms with Gasteiger partial charge in [-0.25, -0.2) is 19.4 Å². The molecule has 0 aliphatic rings. The number of carbonyl (C=O) groups excluding carboxylic acids is 1. The number of nitrogens with one attached hydrogen (secondary N) is 3. The zero-order valence-electron chi connectivity index (χ0n) is 15.7. The van der Waals surface area contributed by atoms with E-state index in [9.17, 15) is 14.2 Å². The Hall–Kier alpha value is -1.78. The lowest BCUT2D eigenvalue weighted by molar-refractivity contribution is -0.143. The molecule has 0 fully saturated rings. The van der Waals surface area contributed by atoms with E-state index in [0.29, 0.717) is 5.69 Å². The average molecular weight is 406 g/mol. The van der Waals surface area contributed by atoms with Gasteiger partial charge in [0.15, 0.2) is 0 Å². The second kappa shape index (κ2) is 10.5. The molecule has 1 amide bonds. The van der Waals surface area contributed by atoms with Crippen molar-refractivity contribution < 1.29 is 33.4 Å². The van der Waals surface area contributed by atoms with Crippen LogP contribution in [-0.4, -0.2) is 63.0 Å². The predicted molar refractivity (Wildman–Crippen MR) is 95.9 cm³/mol. The summed E-state index contributed by atoms with van der Waals surface area (Å²) in [6, 6.07) is -2.66. The number of amides is 1. The van der Waals surface area contributed by atoms with Crippen molar-refractivity contribution in [3.05, 3.63) is 18.2 Å². The standard InChI is InChI=1S/C15H27N4O7P/c1-9(2)25-27(24,26-10(3)4)19-12(5-11-6-16-8-17-11)14(21)18-13(7-20)15(22)23/h6,8-10,12-13,20H,5,7H2,1-4H3,(H,16,17)(H,18,21)(H,19,24)(H,22,23)/t12-,13-/m0/s1. The van der Waals surface area contributed by atoms with Gasteiger partial charge in [0.25, 0.3) is 0 Å². The Morgan fingerprint density at radius 3 is 2.22 bits per heavy atom. The zero-order chi connectivity index (χ0) is 20.6. The van der Waals surface area contributed by atoms with Crippen LogP contribution in [0.15, 0.2) is 12.5 Å². The molecule has 0 spiro atoms. The molecule has 0 bridgehead atoms. The first-order valence-electron chi connectivity index (χ1n) is 8.42. The molecule has 0 aromatic carbocycles. The molecule has 27 heavy (non-hydrogen) atoms. The topological polar surface area (TPSA) is 163 Å². The van der Waals surface area contributed by atoms with Crippen LogP contribution in [0.2, 0.25) is 0 Å². The first-order chi connectivity index (χ1) is 12.6. The Balaban J connectivity index is 3.06. The molecule has 11 nitrogen and oxygen atoms in total. The number of aliphatic hydroxyl groups is 1. The number of imidazole rings is 1. The minimum atomic E-state index is -3.89. The molecule has 12 heteroatoms. The van der Waals surface area contributed by atoms with E-state index in [0.717, 1.165) is 0 Å². The van der Waals surface area contributed by atoms with Gasteiger partial charge in [0.2, 0.25) is 5.91 Å². The Labute approximate surface area is 157 Å². The maximum Gasteiger partial charge on any atom is 0.406 e. The van der Waals surface area contributed by atoms with Crippen molar-refractivity contribution in [3.63, 3.8) is 0 Å². The number of hydrogen-bond acceptors (Lipinski definition) is 7. The lowest BCUT2D eigenvalue weighted by Gasteiger charge is -2.27. The van der Waals surface area contributed by atoms with Gasteiger partial charge in [0.05, 0.1) is 25.1 Å². The number of aromatic nitrogens is 2. The van der Waals surface area contributed by atoms with Crippen molar-refractivity contribution >= 4 is 19.6 Å². The zero-order valence-corrected chi connectivity index (χ0v) is 16.6. The summed E-state index contributed by atoms with van der Waals surface area (Å²) in [4.78, 5) is 30.3. The van der Waals surface area contributed by atoms with E-state index in [1.165, 1.54) is 12.5 Å². The van der Waals surface area contributed by atoms with E-state index in [1.54, 1.807) is 27.7 Å². The quantitative estimate of drug-likeness (QED) is 0.310. The summed E-state index contributed by atoms with van der Waals surface area (Å²) in [5, 5.41) is 22.9. The first-order valence-corrected chi connectivity index (χ1v) is 9.96. The summed E-state index contributed by atoms with van der Waals surface area (Å²) in [6.07, 6.45) is 1.98. The van der Waals surface area contributed by atoms with Gasteiger partial charge in [-0.1, -0.05) is 0 Å². The van der Waals surface area contributed by atoms with Gasteiger partial charge >= 0.3 is 13.7 Å². The van der Waals surface area contributed by atoms with Gasteiger partial charge in [0.1, 0.15) is 12.1 Å². The van der Waals surface area contributed by atoms with Crippen LogP contribution in [-0.2, 0) is 29.6 Å². The number of carbonyl (C=O) groups is 2. The van der Waals surface area contributed by atoms with Crippen molar-refractivity contribution in [1.82, 2.24) is 20.4 Å². The third-order valence-electron chi connectivity index (χ3n) is 3.11. The van der Waals surface area contributed by atoms with Crippen molar-refractivity contribution in [1.29, 1.82) is 0 Å². The fourth-order valence-corrected chi connectivity index (χ4v) is 3.97. The predicted octanol–water partition coefficient (Wildman–Crippen LogP) is 0.430. The third-order valence-corrected chi connectivity index (χ3v) is 5.13. The molecule has 1 aromatic heterocycles. The summed E-state index contributed by atoms with van der Waals surface area (Å²) < 4.78 is 23.8. The molecule has 154 valence electrons. The molecule has 0 aliphatic heterocycles. The SMILES string of the molecule is CC(C)OP(=O)(N[C@@H](Cc1cnc[nH]1)C(=O)N[C@@H](CO)C(=O)O)OC(C)C. The number of aliphatic carboxylic acids is 1. The largest absolute Gasteiger partial charge is 0.480 e. The van der Waals surface area contributed by atoms with Gasteiger partial charge in [-0.05, 0) is 27.7 Å². The summed E-state index contributed by atoms with van der Waals surface area (Å²) in [5.41, 5.74) is 0.541. The molecule has 0 saturated carbocycles. The molecule has 1 aromatic rings. The van der Waals surface area contributed by atoms with E-state index in [4.69, 9.17) is 19.3 Å². The molecule has 0 aliphatic carbocycles. The van der Waals surface area contributed by atoms with E-state index in [2.05, 4.69) is 20.4 Å². The molecule has 0 saturated heterocycles. The molecule has 1 rings (SSSR count). The van der Waals surface area contributed by atoms with Crippen LogP contribution in [0, 0.1) is 0 Å². The van der Waals surface area contributed by atoms with E-state index < -0.39 is 50.5 Å². The van der Waals surface area contributed by atoms with Crippen LogP contribution in [0.25, 0.3) is 0 Å². The Morgan fingerprint density at radius 1 is 1.22 bits per heavy atom. The first kappa shape index (κ1) is 23.3. The van der Waals surface area contributed by atoms with Crippen LogP contribution >= 0.6 is 7.75 Å². The maximum atomic E-state index is 13.0. The lowest BCUT2D eigenvalue weighted by Crippen LogP contribution is -2.52. The van der Waals surface area contributed by atoms with Gasteiger partial charge in [-0.2, -0.15) is 0 Å². The number of nitrogens with zero attached hydrogens (tertiary/aromatic N) is 1. The number of hydrogen-bond donors (Lipinski definition) is 5. The highest BCUT2D eigenvalue weighted by Gasteiger charge is 2.35. The van der Waals surface area contributed by atoms with Crippen LogP contribution in [0.5, 0.6) is 0 Å². The molecule has 0 radical (unpaired) electrons. The van der Waals surface area contributed by atoms with Crippen LogP contribution < -0.4 is 10.4 Å². The van der Waals surface area contributed by atoms with Crippen molar-refractivity contribution in [2.45, 2.75) is 58.4 Å². The van der Waals surface area contributed by atoms with Crippen LogP contribution in [0.4, 0.5) is 0 Å². The summed E-state index contributed by atoms with van der Waals surface area (Å²) in [7, 11) is -3.89. The van der Waals surface area contributed by atoms with Crippen molar-refractivity contribution in [3.8, 4) is 0 Å². The van der Waals surface area contributed by atoms with Crippen LogP contribution in [0.1, 0.15) is 33.4 Å². The highest BCUT2D eigenvalue weighted by molar-refractivity contribution is 7.51. The smallest absolute Gasteiger partial charge is 0.406 e. The van der Waals surface area contributed by atoms with E-state index in [-0.39, 0.29) is 6.42 Å². The van der Waals surface area contributed by atoms with Gasteiger partial charge < -0.3 is 20.5 Å². The number of aromatic amines is 1. The Kier molecular flexibility index (Phi) is 9.07. The fraction of sp³-hybridized carbons (Fsp3) is 0.667. The number of rotatable bonds is 12. The highest BCUT2D eigenvalue weighted by Crippen LogP contribution is 2.47. The second-order valence-electron chi connectivity index (χ2n) is 6.35. The van der Waals surface area contributed by atoms with Crippen LogP contribution in [0.3, 0.4) is 0 Å². The van der Waals surface area contributed by atoms with Gasteiger partial charge in [-0.15, -0.1) is 0 Å². The lowest BCUT2D eigenvalue weighted by atomic mass is 10.1. The molecule has 0 unspecified atom stereocenters. The number of H-pyrrole nitrogens is 1. The minimum Gasteiger partial charge on any atom is -0.480 e. The van der Waals surface area contributed by atoms with Gasteiger partial charge in [0, 0.05) is 18.3 Å². The summed E-state index contributed by atoms with van der Waals surface area (Å²) >= 11 is 0. The number of carboxylic acid groups (broad SMARTS) is 1. The Morgan fingerprint density at radius 2 is 1.81 bits per heavy atom. The maximum absolute atomic E-state index is 13.0. The summed E-state index contributed by atoms with van der Waals surface area (Å²) in [6.45, 7) is 5.85. The number of aliphatic hydroxyl groups excluding tert-OH is 1. The van der Waals surface area contributed by atoms with E-state index >= 15 is 0 Å². The fourth-order valence-electron chi connectivity index (χ4n) is 2.10. The average Bonchev–Trinajstić information content (AvgIpc) is 3.02. The molecular formula is C15H27N4O7P. The van der Waals surface area contributed by atoms with Gasteiger partial charge in [-0.3, -0.25) is 13.8 Å². The molecular weight excluding hydrogens is 379 g/mol. The second-order valence-corrected chi connectivity index (χ2v) is 8.03. The molecule has 2 atom stereocenters. The highest BCUT2D eigenvalue weighted by atomic mass is 31.2. The Bertz CT molecular complexity index is 637. The monoisotopic (exact) mass is 406 g/mol. The van der Waals surface area contributed by atoms with Crippen molar-refractivity contribution in [2.24, 2.45) is 0 Å².